The van der Waals surface area contributed by atoms with E-state index in [-0.39, 0.29) is 0 Å². The lowest BCUT2D eigenvalue weighted by Crippen LogP contribution is -2.39. The molecular weight excluding hydrogens is 222 g/mol. The van der Waals surface area contributed by atoms with E-state index in [1.165, 1.54) is 36.8 Å². The second kappa shape index (κ2) is 4.75. The van der Waals surface area contributed by atoms with E-state index in [2.05, 4.69) is 42.8 Å². The van der Waals surface area contributed by atoms with E-state index in [1.54, 1.807) is 0 Å². The number of rotatable bonds is 1. The Labute approximate surface area is 109 Å². The van der Waals surface area contributed by atoms with Crippen molar-refractivity contribution in [2.45, 2.75) is 45.6 Å². The smallest absolute Gasteiger partial charge is 0.287 e. The highest BCUT2D eigenvalue weighted by atomic mass is 16.5. The molecule has 0 bridgehead atoms. The van der Waals surface area contributed by atoms with Gasteiger partial charge in [-0.15, -0.1) is 0 Å². The van der Waals surface area contributed by atoms with E-state index in [0.717, 1.165) is 11.7 Å². The van der Waals surface area contributed by atoms with Crippen molar-refractivity contribution in [3.8, 4) is 5.75 Å². The Bertz CT molecular complexity index is 478. The molecule has 3 rings (SSSR count). The predicted octanol–water partition coefficient (Wildman–Crippen LogP) is 3.36. The van der Waals surface area contributed by atoms with Gasteiger partial charge in [-0.2, -0.15) is 4.58 Å². The fourth-order valence-corrected chi connectivity index (χ4v) is 3.31. The largest absolute Gasteiger partial charge is 0.435 e. The van der Waals surface area contributed by atoms with Crippen molar-refractivity contribution in [1.29, 1.82) is 0 Å². The molecule has 0 saturated heterocycles. The van der Waals surface area contributed by atoms with E-state index in [9.17, 15) is 0 Å². The number of nitrogens with zero attached hydrogens (tertiary/aromatic N) is 1. The minimum absolute atomic E-state index is 0.660. The molecule has 1 fully saturated rings. The zero-order chi connectivity index (χ0) is 12.5. The zero-order valence-corrected chi connectivity index (χ0v) is 11.4. The summed E-state index contributed by atoms with van der Waals surface area (Å²) < 4.78 is 8.37. The summed E-state index contributed by atoms with van der Waals surface area (Å²) >= 11 is 0. The summed E-state index contributed by atoms with van der Waals surface area (Å²) in [6.07, 6.45) is 7.72. The van der Waals surface area contributed by atoms with Gasteiger partial charge in [-0.1, -0.05) is 25.5 Å². The number of benzene rings is 1. The van der Waals surface area contributed by atoms with Crippen molar-refractivity contribution in [1.82, 2.24) is 0 Å². The van der Waals surface area contributed by atoms with Crippen molar-refractivity contribution in [2.24, 2.45) is 5.92 Å². The molecule has 1 aliphatic carbocycles. The first-order chi connectivity index (χ1) is 8.75. The van der Waals surface area contributed by atoms with Gasteiger partial charge in [-0.3, -0.25) is 0 Å². The standard InChI is InChI=1S/C16H22NO/c1-12-6-3-4-9-15(12)17-10-14-8-5-7-13(2)16(14)18-11-17/h5,7-8,10,12,15H,3-4,6,9,11H2,1-2H3/q+1. The van der Waals surface area contributed by atoms with E-state index in [0.29, 0.717) is 12.8 Å². The number of fused-ring (bicyclic) bond motifs is 1. The first kappa shape index (κ1) is 11.8. The summed E-state index contributed by atoms with van der Waals surface area (Å²) in [6.45, 7) is 5.21. The Morgan fingerprint density at radius 2 is 2.06 bits per heavy atom. The highest BCUT2D eigenvalue weighted by Crippen LogP contribution is 2.29. The fraction of sp³-hybridized carbons (Fsp3) is 0.562. The summed E-state index contributed by atoms with van der Waals surface area (Å²) in [4.78, 5) is 0. The van der Waals surface area contributed by atoms with Crippen molar-refractivity contribution < 1.29 is 9.31 Å². The predicted molar refractivity (Wildman–Crippen MR) is 73.5 cm³/mol. The van der Waals surface area contributed by atoms with Crippen LogP contribution in [0, 0.1) is 12.8 Å². The molecule has 0 N–H and O–H groups in total. The highest BCUT2D eigenvalue weighted by molar-refractivity contribution is 5.81. The Hall–Kier alpha value is -1.31. The molecule has 2 unspecified atom stereocenters. The average molecular weight is 244 g/mol. The maximum atomic E-state index is 5.96. The van der Waals surface area contributed by atoms with Crippen LogP contribution in [-0.4, -0.2) is 23.6 Å². The van der Waals surface area contributed by atoms with Crippen LogP contribution in [0.1, 0.15) is 43.7 Å². The van der Waals surface area contributed by atoms with Crippen LogP contribution in [0.3, 0.4) is 0 Å². The topological polar surface area (TPSA) is 12.2 Å². The molecule has 0 aromatic heterocycles. The number of para-hydroxylation sites is 1. The van der Waals surface area contributed by atoms with Gasteiger partial charge in [-0.05, 0) is 31.4 Å². The van der Waals surface area contributed by atoms with Crippen LogP contribution < -0.4 is 4.74 Å². The average Bonchev–Trinajstić information content (AvgIpc) is 2.39. The van der Waals surface area contributed by atoms with Gasteiger partial charge in [0.25, 0.3) is 6.73 Å². The molecule has 1 aromatic rings. The molecule has 0 amide bonds. The lowest BCUT2D eigenvalue weighted by molar-refractivity contribution is -0.601. The van der Waals surface area contributed by atoms with E-state index in [1.807, 2.05) is 0 Å². The minimum Gasteiger partial charge on any atom is -0.435 e. The number of hydrogen-bond donors (Lipinski definition) is 0. The van der Waals surface area contributed by atoms with Gasteiger partial charge in [0.2, 0.25) is 0 Å². The second-order valence-electron chi connectivity index (χ2n) is 5.74. The number of ether oxygens (including phenoxy) is 1. The molecule has 2 aliphatic rings. The summed E-state index contributed by atoms with van der Waals surface area (Å²) in [5, 5.41) is 0. The van der Waals surface area contributed by atoms with Crippen LogP contribution in [0.4, 0.5) is 0 Å². The van der Waals surface area contributed by atoms with Gasteiger partial charge in [0.05, 0.1) is 5.56 Å². The zero-order valence-electron chi connectivity index (χ0n) is 11.4. The van der Waals surface area contributed by atoms with Crippen LogP contribution >= 0.6 is 0 Å². The third kappa shape index (κ3) is 2.05. The van der Waals surface area contributed by atoms with Gasteiger partial charge in [0.15, 0.2) is 12.3 Å². The number of hydrogen-bond acceptors (Lipinski definition) is 1. The van der Waals surface area contributed by atoms with Crippen LogP contribution in [0.5, 0.6) is 5.75 Å². The third-order valence-electron chi connectivity index (χ3n) is 4.40. The third-order valence-corrected chi connectivity index (χ3v) is 4.40. The summed E-state index contributed by atoms with van der Waals surface area (Å²) in [5.41, 5.74) is 2.47. The SMILES string of the molecule is Cc1cccc2c1OC[N+](C1CCCCC1C)=C2. The maximum Gasteiger partial charge on any atom is 0.287 e. The van der Waals surface area contributed by atoms with Crippen LogP contribution in [-0.2, 0) is 0 Å². The summed E-state index contributed by atoms with van der Waals surface area (Å²) in [5.74, 6) is 1.85. The molecular formula is C16H22NO+. The summed E-state index contributed by atoms with van der Waals surface area (Å²) in [7, 11) is 0. The van der Waals surface area contributed by atoms with E-state index >= 15 is 0 Å². The molecule has 2 nitrogen and oxygen atoms in total. The van der Waals surface area contributed by atoms with E-state index in [4.69, 9.17) is 4.74 Å². The van der Waals surface area contributed by atoms with Crippen molar-refractivity contribution in [3.05, 3.63) is 29.3 Å². The molecule has 18 heavy (non-hydrogen) atoms. The Balaban J connectivity index is 1.91. The van der Waals surface area contributed by atoms with Gasteiger partial charge in [0.1, 0.15) is 5.75 Å². The molecule has 2 atom stereocenters. The van der Waals surface area contributed by atoms with Gasteiger partial charge >= 0.3 is 0 Å². The molecule has 96 valence electrons. The van der Waals surface area contributed by atoms with Gasteiger partial charge in [0, 0.05) is 12.3 Å². The molecule has 0 spiro atoms. The Kier molecular flexibility index (Phi) is 3.11. The lowest BCUT2D eigenvalue weighted by Gasteiger charge is -2.28. The fourth-order valence-electron chi connectivity index (χ4n) is 3.31. The van der Waals surface area contributed by atoms with Crippen molar-refractivity contribution in [2.75, 3.05) is 6.73 Å². The van der Waals surface area contributed by atoms with Gasteiger partial charge < -0.3 is 4.74 Å². The second-order valence-corrected chi connectivity index (χ2v) is 5.74. The first-order valence-electron chi connectivity index (χ1n) is 7.09. The van der Waals surface area contributed by atoms with E-state index < -0.39 is 0 Å². The number of aryl methyl sites for hydroxylation is 1. The lowest BCUT2D eigenvalue weighted by atomic mass is 9.85. The molecule has 2 heteroatoms. The minimum atomic E-state index is 0.660. The molecule has 1 aromatic carbocycles. The molecule has 1 aliphatic heterocycles. The van der Waals surface area contributed by atoms with Crippen LogP contribution in [0.15, 0.2) is 18.2 Å². The molecule has 1 saturated carbocycles. The van der Waals surface area contributed by atoms with Crippen LogP contribution in [0.25, 0.3) is 0 Å². The quantitative estimate of drug-likeness (QED) is 0.690. The monoisotopic (exact) mass is 244 g/mol. The van der Waals surface area contributed by atoms with Crippen molar-refractivity contribution in [3.63, 3.8) is 0 Å². The first-order valence-corrected chi connectivity index (χ1v) is 7.09. The normalized spacial score (nSPS) is 27.1. The molecule has 0 radical (unpaired) electrons. The Morgan fingerprint density at radius 1 is 1.22 bits per heavy atom. The summed E-state index contributed by atoms with van der Waals surface area (Å²) in [6, 6.07) is 7.04. The van der Waals surface area contributed by atoms with Crippen molar-refractivity contribution >= 4 is 6.21 Å². The Morgan fingerprint density at radius 3 is 2.89 bits per heavy atom. The van der Waals surface area contributed by atoms with Gasteiger partial charge in [-0.25, -0.2) is 0 Å². The molecule has 1 heterocycles. The highest BCUT2D eigenvalue weighted by Gasteiger charge is 2.32. The van der Waals surface area contributed by atoms with Crippen LogP contribution in [0.2, 0.25) is 0 Å². The maximum absolute atomic E-state index is 5.96.